The molecule has 1 unspecified atom stereocenters. The van der Waals surface area contributed by atoms with Gasteiger partial charge in [0.15, 0.2) is 0 Å². The fourth-order valence-electron chi connectivity index (χ4n) is 5.91. The highest BCUT2D eigenvalue weighted by Gasteiger charge is 2.15. The van der Waals surface area contributed by atoms with E-state index < -0.39 is 0 Å². The Morgan fingerprint density at radius 3 is 1.62 bits per heavy atom. The molecule has 0 aliphatic rings. The Hall–Kier alpha value is -5.76. The van der Waals surface area contributed by atoms with Crippen LogP contribution in [0.2, 0.25) is 0 Å². The Morgan fingerprint density at radius 2 is 1.00 bits per heavy atom. The van der Waals surface area contributed by atoms with Gasteiger partial charge in [-0.25, -0.2) is 0 Å². The first kappa shape index (κ1) is 29.3. The Balaban J connectivity index is 1.50. The molecule has 0 N–H and O–H groups in total. The van der Waals surface area contributed by atoms with Crippen molar-refractivity contribution in [2.75, 3.05) is 0 Å². The second kappa shape index (κ2) is 14.1. The zero-order chi connectivity index (χ0) is 30.8. The van der Waals surface area contributed by atoms with Crippen LogP contribution in [-0.2, 0) is 6.42 Å². The lowest BCUT2D eigenvalue weighted by molar-refractivity contribution is 1.17. The first-order valence-electron chi connectivity index (χ1n) is 15.3. The van der Waals surface area contributed by atoms with Gasteiger partial charge in [0, 0.05) is 5.57 Å². The molecule has 212 valence electrons. The van der Waals surface area contributed by atoms with Crippen LogP contribution in [0, 0.1) is 24.2 Å². The second-order valence-electron chi connectivity index (χ2n) is 11.1. The lowest BCUT2D eigenvalue weighted by Crippen LogP contribution is -2.00. The van der Waals surface area contributed by atoms with Gasteiger partial charge in [-0.2, -0.15) is 0 Å². The van der Waals surface area contributed by atoms with Crippen LogP contribution in [0.15, 0.2) is 169 Å². The topological polar surface area (TPSA) is 0 Å². The molecule has 0 amide bonds. The molecule has 0 radical (unpaired) electrons. The molecule has 45 heavy (non-hydrogen) atoms. The van der Waals surface area contributed by atoms with Gasteiger partial charge >= 0.3 is 0 Å². The molecule has 1 atom stereocenters. The Kier molecular flexibility index (Phi) is 9.22. The summed E-state index contributed by atoms with van der Waals surface area (Å²) >= 11 is 0. The van der Waals surface area contributed by atoms with Crippen LogP contribution in [-0.4, -0.2) is 7.85 Å². The van der Waals surface area contributed by atoms with E-state index >= 15 is 0 Å². The summed E-state index contributed by atoms with van der Waals surface area (Å²) < 4.78 is 0. The molecule has 0 spiro atoms. The third-order valence-corrected chi connectivity index (χ3v) is 8.13. The predicted octanol–water partition coefficient (Wildman–Crippen LogP) is 9.69. The molecule has 0 aliphatic carbocycles. The van der Waals surface area contributed by atoms with E-state index in [0.717, 1.165) is 45.4 Å². The van der Waals surface area contributed by atoms with E-state index in [1.54, 1.807) is 0 Å². The largest absolute Gasteiger partial charge is 0.136 e. The molecular weight excluding hydrogens is 539 g/mol. The smallest absolute Gasteiger partial charge is 0.118 e. The van der Waals surface area contributed by atoms with Crippen molar-refractivity contribution in [1.29, 1.82) is 0 Å². The fourth-order valence-corrected chi connectivity index (χ4v) is 5.91. The number of benzene rings is 6. The van der Waals surface area contributed by atoms with E-state index in [4.69, 9.17) is 6.42 Å². The molecule has 0 saturated carbocycles. The normalized spacial score (nSPS) is 11.8. The zero-order valence-electron chi connectivity index (χ0n) is 25.5. The standard InChI is InChI=1S/C44H33B/c1-2-33(39-26-14-15-27-40(39)35-20-8-4-9-21-35)30-31-43(42-29-17-16-28-41(42)36-22-10-5-11-23-36)44(45)32-37-24-12-13-25-38(37)34-18-6-3-7-19-34/h1,3-29,33H,32,45H2/b44-43-. The SMILES string of the molecule is B/C(Cc1ccccc1-c1ccccc1)=C(/C#CC(C#C)c1ccccc1-c1ccccc1)c1ccccc1-c1ccccc1. The second-order valence-corrected chi connectivity index (χ2v) is 11.1. The predicted molar refractivity (Wildman–Crippen MR) is 194 cm³/mol. The Labute approximate surface area is 268 Å². The highest BCUT2D eigenvalue weighted by Crippen LogP contribution is 2.34. The average molecular weight is 573 g/mol. The van der Waals surface area contributed by atoms with Gasteiger partial charge in [-0.05, 0) is 56.5 Å². The van der Waals surface area contributed by atoms with E-state index in [0.29, 0.717) is 0 Å². The van der Waals surface area contributed by atoms with Crippen molar-refractivity contribution in [3.05, 3.63) is 186 Å². The van der Waals surface area contributed by atoms with Crippen LogP contribution in [0.5, 0.6) is 0 Å². The molecule has 0 heterocycles. The number of hydrogen-bond acceptors (Lipinski definition) is 0. The van der Waals surface area contributed by atoms with Gasteiger partial charge in [0.1, 0.15) is 13.8 Å². The quantitative estimate of drug-likeness (QED) is 0.132. The highest BCUT2D eigenvalue weighted by atomic mass is 14.2. The average Bonchev–Trinajstić information content (AvgIpc) is 3.12. The van der Waals surface area contributed by atoms with E-state index in [2.05, 4.69) is 177 Å². The molecule has 0 aliphatic heterocycles. The summed E-state index contributed by atoms with van der Waals surface area (Å²) in [6.07, 6.45) is 6.98. The minimum atomic E-state index is -0.371. The first-order valence-corrected chi connectivity index (χ1v) is 15.3. The minimum absolute atomic E-state index is 0.371. The van der Waals surface area contributed by atoms with E-state index in [9.17, 15) is 0 Å². The molecule has 0 fully saturated rings. The molecule has 0 saturated heterocycles. The summed E-state index contributed by atoms with van der Waals surface area (Å²) in [7, 11) is 2.20. The molecule has 0 nitrogen and oxygen atoms in total. The zero-order valence-corrected chi connectivity index (χ0v) is 25.5. The van der Waals surface area contributed by atoms with Crippen molar-refractivity contribution in [3.63, 3.8) is 0 Å². The van der Waals surface area contributed by atoms with Crippen molar-refractivity contribution in [2.24, 2.45) is 0 Å². The maximum absolute atomic E-state index is 6.21. The maximum atomic E-state index is 6.21. The summed E-state index contributed by atoms with van der Waals surface area (Å²) in [6.45, 7) is 0. The number of terminal acetylenes is 1. The number of rotatable bonds is 7. The van der Waals surface area contributed by atoms with Gasteiger partial charge in [0.2, 0.25) is 0 Å². The van der Waals surface area contributed by atoms with Gasteiger partial charge < -0.3 is 0 Å². The van der Waals surface area contributed by atoms with Crippen LogP contribution in [0.25, 0.3) is 39.0 Å². The molecule has 6 aromatic rings. The molecule has 6 rings (SSSR count). The minimum Gasteiger partial charge on any atom is -0.118 e. The van der Waals surface area contributed by atoms with Crippen molar-refractivity contribution >= 4 is 13.4 Å². The van der Waals surface area contributed by atoms with Crippen LogP contribution in [0.3, 0.4) is 0 Å². The van der Waals surface area contributed by atoms with Crippen LogP contribution >= 0.6 is 0 Å². The van der Waals surface area contributed by atoms with Crippen molar-refractivity contribution < 1.29 is 0 Å². The molecule has 1 heteroatoms. The van der Waals surface area contributed by atoms with E-state index in [1.165, 1.54) is 22.2 Å². The van der Waals surface area contributed by atoms with Crippen molar-refractivity contribution in [2.45, 2.75) is 12.3 Å². The first-order chi connectivity index (χ1) is 22.2. The monoisotopic (exact) mass is 572 g/mol. The van der Waals surface area contributed by atoms with Crippen molar-refractivity contribution in [3.8, 4) is 57.6 Å². The third-order valence-electron chi connectivity index (χ3n) is 8.13. The molecule has 0 bridgehead atoms. The van der Waals surface area contributed by atoms with Crippen LogP contribution < -0.4 is 0 Å². The lowest BCUT2D eigenvalue weighted by atomic mass is 9.79. The number of allylic oxidation sites excluding steroid dienone is 2. The van der Waals surface area contributed by atoms with Crippen LogP contribution in [0.1, 0.15) is 22.6 Å². The van der Waals surface area contributed by atoms with Gasteiger partial charge in [0.05, 0.1) is 0 Å². The Bertz CT molecular complexity index is 2040. The maximum Gasteiger partial charge on any atom is 0.136 e. The fraction of sp³-hybridized carbons (Fsp3) is 0.0455. The van der Waals surface area contributed by atoms with Gasteiger partial charge in [-0.3, -0.25) is 0 Å². The summed E-state index contributed by atoms with van der Waals surface area (Å²) in [5, 5.41) is 0. The Morgan fingerprint density at radius 1 is 0.533 bits per heavy atom. The van der Waals surface area contributed by atoms with E-state index in [-0.39, 0.29) is 5.92 Å². The summed E-state index contributed by atoms with van der Waals surface area (Å²) in [5.41, 5.74) is 12.6. The van der Waals surface area contributed by atoms with Crippen molar-refractivity contribution in [1.82, 2.24) is 0 Å². The number of hydrogen-bond donors (Lipinski definition) is 0. The molecular formula is C44H33B. The van der Waals surface area contributed by atoms with E-state index in [1.807, 2.05) is 12.1 Å². The molecule has 0 aromatic heterocycles. The summed E-state index contributed by atoms with van der Waals surface area (Å²) in [5.74, 6) is 9.82. The summed E-state index contributed by atoms with van der Waals surface area (Å²) in [4.78, 5) is 0. The highest BCUT2D eigenvalue weighted by molar-refractivity contribution is 6.27. The van der Waals surface area contributed by atoms with Gasteiger partial charge in [-0.15, -0.1) is 6.42 Å². The van der Waals surface area contributed by atoms with Crippen LogP contribution in [0.4, 0.5) is 0 Å². The van der Waals surface area contributed by atoms with Gasteiger partial charge in [-0.1, -0.05) is 187 Å². The third kappa shape index (κ3) is 6.75. The summed E-state index contributed by atoms with van der Waals surface area (Å²) in [6, 6.07) is 57.0. The lowest BCUT2D eigenvalue weighted by Gasteiger charge is -2.16. The van der Waals surface area contributed by atoms with Gasteiger partial charge in [0.25, 0.3) is 0 Å². The molecule has 6 aromatic carbocycles.